The van der Waals surface area contributed by atoms with E-state index in [2.05, 4.69) is 32.4 Å². The van der Waals surface area contributed by atoms with E-state index < -0.39 is 120 Å². The van der Waals surface area contributed by atoms with E-state index in [0.717, 1.165) is 27.2 Å². The van der Waals surface area contributed by atoms with Gasteiger partial charge in [-0.3, -0.25) is 24.0 Å². The van der Waals surface area contributed by atoms with Crippen molar-refractivity contribution in [1.82, 2.24) is 39.8 Å². The Hall–Kier alpha value is -8.89. The van der Waals surface area contributed by atoms with E-state index in [9.17, 15) is 48.9 Å². The Bertz CT molecular complexity index is 4480. The minimum Gasteiger partial charge on any atom is -0.459 e. The molecule has 125 heavy (non-hydrogen) atoms. The number of carbonyl (C=O) groups is 7. The number of anilines is 2. The standard InChI is InChI=1S/C90H129N11O24/c1-56-14-10-9-11-15-57(2)74(112-7)50-67-22-17-61(6)90(111,125-67)83(107)86(108)100-27-13-12-16-70(100)87(109)122-75(51-71(102)58(3)45-60(5)81(105)82(106)80(104)59(4)44-56)68(91)47-62-19-23-73(76(48-62)113-8)124-89(110)94-26-29-114-30-31-115-32-33-116-34-35-117-36-37-118-38-39-119-40-41-120-42-43-121-54-77(103)99-28-25-64-46-63(18-20-66(64)53-99)52-101-85-78(84(92)95-55-96-85)79(98-101)65-21-24-72-69(49-65)97-88(93)123-72/h9-11,14-15,18,20-21,24,45-46,49,55-56,58-59,61-62,67-68,70,73-76,81-82,105-106,111H,12-13,16-17,19,22-23,25-44,47-48,50-54,91H2,1-8H3,(H2,93,97)(H,94,110)(H2,92,95,96)/b11-9+,14-10+,57-15+,60-45+/t56-,58-,59-,61-,62+,67+,68-,70+,73-,74+,75+,76-,81-,82+,90-/m1/s1. The van der Waals surface area contributed by atoms with Gasteiger partial charge in [0.05, 0.1) is 129 Å². The minimum absolute atomic E-state index is 0.00292. The van der Waals surface area contributed by atoms with Gasteiger partial charge < -0.3 is 114 Å². The number of oxazole rings is 1. The smallest absolute Gasteiger partial charge is 0.407 e. The van der Waals surface area contributed by atoms with Crippen molar-refractivity contribution in [3.05, 3.63) is 107 Å². The third-order valence-corrected chi connectivity index (χ3v) is 23.8. The largest absolute Gasteiger partial charge is 0.459 e. The van der Waals surface area contributed by atoms with Crippen LogP contribution in [0.1, 0.15) is 135 Å². The Kier molecular flexibility index (Phi) is 38.9. The molecule has 0 unspecified atom stereocenters. The highest BCUT2D eigenvalue weighted by molar-refractivity contribution is 6.39. The summed E-state index contributed by atoms with van der Waals surface area (Å²) in [7, 11) is 3.06. The number of nitrogens with two attached hydrogens (primary N) is 3. The van der Waals surface area contributed by atoms with Crippen molar-refractivity contribution in [2.24, 2.45) is 35.3 Å². The van der Waals surface area contributed by atoms with E-state index in [4.69, 9.17) is 88.3 Å². The van der Waals surface area contributed by atoms with Crippen LogP contribution in [0.25, 0.3) is 33.4 Å². The van der Waals surface area contributed by atoms with E-state index in [-0.39, 0.29) is 88.1 Å². The van der Waals surface area contributed by atoms with Crippen LogP contribution in [0.4, 0.5) is 16.6 Å². The molecule has 35 heteroatoms. The quantitative estimate of drug-likeness (QED) is 0.00945. The van der Waals surface area contributed by atoms with Gasteiger partial charge >= 0.3 is 12.1 Å². The molecule has 1 aliphatic carbocycles. The van der Waals surface area contributed by atoms with Crippen molar-refractivity contribution < 1.29 is 115 Å². The molecule has 688 valence electrons. The van der Waals surface area contributed by atoms with E-state index in [1.807, 2.05) is 72.0 Å². The number of ketones is 3. The number of fused-ring (bicyclic) bond motifs is 6. The number of aliphatic hydroxyl groups excluding tert-OH is 2. The average Bonchev–Trinajstić information content (AvgIpc) is 1.46. The normalized spacial score (nSPS) is 27.2. The number of nitrogens with one attached hydrogen (secondary N) is 1. The molecule has 0 spiro atoms. The number of benzene rings is 2. The van der Waals surface area contributed by atoms with Gasteiger partial charge in [-0.05, 0) is 142 Å². The van der Waals surface area contributed by atoms with Crippen LogP contribution in [0.15, 0.2) is 94.7 Å². The van der Waals surface area contributed by atoms with Gasteiger partial charge in [-0.15, -0.1) is 0 Å². The number of rotatable bonds is 35. The lowest BCUT2D eigenvalue weighted by Gasteiger charge is -2.42. The molecule has 10 N–H and O–H groups in total. The third kappa shape index (κ3) is 28.6. The zero-order valence-corrected chi connectivity index (χ0v) is 73.4. The first-order valence-corrected chi connectivity index (χ1v) is 43.7. The molecule has 10 rings (SSSR count). The van der Waals surface area contributed by atoms with Crippen LogP contribution in [-0.2, 0) is 110 Å². The molecule has 3 fully saturated rings. The number of cyclic esters (lactones) is 1. The van der Waals surface area contributed by atoms with Gasteiger partial charge in [0.2, 0.25) is 11.7 Å². The van der Waals surface area contributed by atoms with Crippen LogP contribution in [0.3, 0.4) is 0 Å². The van der Waals surface area contributed by atoms with Gasteiger partial charge in [0.25, 0.3) is 17.7 Å². The number of alkyl carbamates (subject to hydrolysis) is 1. The number of amides is 3. The molecule has 0 radical (unpaired) electrons. The maximum absolute atomic E-state index is 14.7. The molecule has 7 heterocycles. The number of methoxy groups -OCH3 is 2. The molecule has 15 atom stereocenters. The number of hydrogen-bond donors (Lipinski definition) is 7. The number of nitrogens with zero attached hydrogens (tertiary/aromatic N) is 7. The number of carbonyl (C=O) groups excluding carboxylic acids is 7. The van der Waals surface area contributed by atoms with Crippen molar-refractivity contribution in [2.75, 3.05) is 151 Å². The second kappa shape index (κ2) is 49.4. The number of aliphatic hydroxyl groups is 3. The summed E-state index contributed by atoms with van der Waals surface area (Å²) in [5.74, 6) is -9.08. The average molecular weight is 1750 g/mol. The number of hydrogen-bond acceptors (Lipinski definition) is 31. The van der Waals surface area contributed by atoms with Crippen molar-refractivity contribution in [3.8, 4) is 11.3 Å². The lowest BCUT2D eigenvalue weighted by Crippen LogP contribution is -2.61. The Morgan fingerprint density at radius 1 is 0.712 bits per heavy atom. The number of nitrogen functional groups attached to an aromatic ring is 2. The van der Waals surface area contributed by atoms with E-state index in [1.54, 1.807) is 33.9 Å². The zero-order valence-electron chi connectivity index (χ0n) is 73.4. The Morgan fingerprint density at radius 3 is 2.07 bits per heavy atom. The maximum atomic E-state index is 14.7. The highest BCUT2D eigenvalue weighted by Crippen LogP contribution is 2.39. The fourth-order valence-electron chi connectivity index (χ4n) is 16.5. The summed E-state index contributed by atoms with van der Waals surface area (Å²) in [5.41, 5.74) is 26.6. The number of allylic oxidation sites excluding steroid dienone is 6. The molecule has 4 aliphatic heterocycles. The van der Waals surface area contributed by atoms with Crippen molar-refractivity contribution in [2.45, 2.75) is 199 Å². The fraction of sp³-hybridized carbons (Fsp3) is 0.633. The molecule has 2 aromatic carbocycles. The summed E-state index contributed by atoms with van der Waals surface area (Å²) < 4.78 is 82.2. The number of Topliss-reactive ketones (excluding diaryl/α,β-unsaturated/α-hetero) is 3. The predicted octanol–water partition coefficient (Wildman–Crippen LogP) is 6.83. The minimum atomic E-state index is -2.51. The fourth-order valence-corrected chi connectivity index (χ4v) is 16.5. The van der Waals surface area contributed by atoms with Gasteiger partial charge in [-0.2, -0.15) is 10.1 Å². The van der Waals surface area contributed by atoms with E-state index in [0.29, 0.717) is 190 Å². The lowest BCUT2D eigenvalue weighted by atomic mass is 9.80. The Balaban J connectivity index is 0.554. The van der Waals surface area contributed by atoms with Gasteiger partial charge in [0.15, 0.2) is 17.0 Å². The van der Waals surface area contributed by atoms with Crippen LogP contribution in [0.2, 0.25) is 0 Å². The summed E-state index contributed by atoms with van der Waals surface area (Å²) >= 11 is 0. The number of ether oxygens (including phenoxy) is 13. The van der Waals surface area contributed by atoms with Crippen LogP contribution in [0, 0.1) is 29.6 Å². The Labute approximate surface area is 730 Å². The summed E-state index contributed by atoms with van der Waals surface area (Å²) in [6.07, 6.45) is 8.88. The van der Waals surface area contributed by atoms with Gasteiger partial charge in [0, 0.05) is 82.6 Å². The number of aromatic nitrogens is 5. The molecule has 35 nitrogen and oxygen atoms in total. The second-order valence-electron chi connectivity index (χ2n) is 33.1. The van der Waals surface area contributed by atoms with Gasteiger partial charge in [-0.1, -0.05) is 82.4 Å². The van der Waals surface area contributed by atoms with Crippen molar-refractivity contribution >= 4 is 75.2 Å². The van der Waals surface area contributed by atoms with Crippen LogP contribution in [0.5, 0.6) is 0 Å². The Morgan fingerprint density at radius 2 is 1.39 bits per heavy atom. The molecule has 1 saturated carbocycles. The first kappa shape index (κ1) is 98.3. The summed E-state index contributed by atoms with van der Waals surface area (Å²) in [4.78, 5) is 114. The van der Waals surface area contributed by atoms with Gasteiger partial charge in [-0.25, -0.2) is 24.2 Å². The molecule has 2 bridgehead atoms. The molecule has 2 saturated heterocycles. The molecular weight excluding hydrogens is 1620 g/mol. The molecule has 5 aromatic rings. The zero-order chi connectivity index (χ0) is 89.5. The molecule has 5 aliphatic rings. The summed E-state index contributed by atoms with van der Waals surface area (Å²) in [6, 6.07) is 9.60. The number of esters is 1. The first-order chi connectivity index (χ1) is 60.2. The highest BCUT2D eigenvalue weighted by atomic mass is 16.6. The van der Waals surface area contributed by atoms with Crippen LogP contribution in [-0.4, -0.2) is 291 Å². The van der Waals surface area contributed by atoms with Crippen molar-refractivity contribution in [3.63, 3.8) is 0 Å². The monoisotopic (exact) mass is 1750 g/mol. The first-order valence-electron chi connectivity index (χ1n) is 43.7. The number of piperidine rings is 1. The maximum Gasteiger partial charge on any atom is 0.407 e. The third-order valence-electron chi connectivity index (χ3n) is 23.8. The summed E-state index contributed by atoms with van der Waals surface area (Å²) in [5, 5.41) is 42.9. The van der Waals surface area contributed by atoms with E-state index in [1.165, 1.54) is 32.0 Å². The van der Waals surface area contributed by atoms with Crippen LogP contribution >= 0.6 is 0 Å². The predicted molar refractivity (Wildman–Crippen MR) is 460 cm³/mol. The van der Waals surface area contributed by atoms with Crippen LogP contribution < -0.4 is 22.5 Å². The second-order valence-corrected chi connectivity index (χ2v) is 33.1. The molecule has 3 aromatic heterocycles. The van der Waals surface area contributed by atoms with Crippen molar-refractivity contribution in [1.29, 1.82) is 0 Å². The summed E-state index contributed by atoms with van der Waals surface area (Å²) in [6.45, 7) is 17.0. The lowest BCUT2D eigenvalue weighted by molar-refractivity contribution is -0.265. The molecular formula is C90H129N11O24. The SMILES string of the molecule is CO[C@H]1C[C@@H]2CC[C@@H](C)[C@@](O)(O2)C(=O)C(=O)N2CCCC[C@H]2C(=O)O[C@H]([C@H](N)C[C@@H]2CC[C@@H](OC(=O)NCCOCCOCCOCCOCCOCCOCCOCCOCC(=O)N3CCc4cc(Cn5nc(-c6ccc7oc(N)nc7c6)c6c(N)ncnc65)ccc4C3)[C@H](OC)C2)CC(=O)[C@H](C)/C=C(\C)[C@@H](O)[C@@H](O)C(=O)[C@H](C)C[C@H](C)/C=C/C=C/C=C/1C. The molecule has 3 amide bonds. The topological polar surface area (TPSA) is 466 Å². The van der Waals surface area contributed by atoms with E-state index >= 15 is 0 Å². The highest BCUT2D eigenvalue weighted by Gasteiger charge is 2.53. The van der Waals surface area contributed by atoms with Gasteiger partial charge in [0.1, 0.15) is 66.2 Å².